The molecule has 0 aliphatic heterocycles. The van der Waals surface area contributed by atoms with Crippen molar-refractivity contribution in [3.63, 3.8) is 0 Å². The van der Waals surface area contributed by atoms with Gasteiger partial charge in [-0.05, 0) is 13.0 Å². The summed E-state index contributed by atoms with van der Waals surface area (Å²) < 4.78 is 5.94. The largest absolute Gasteiger partial charge is 0.383 e. The fourth-order valence-electron chi connectivity index (χ4n) is 1.19. The van der Waals surface area contributed by atoms with Gasteiger partial charge in [-0.1, -0.05) is 0 Å². The summed E-state index contributed by atoms with van der Waals surface area (Å²) in [6.45, 7) is 2.48. The molecule has 6 heteroatoms. The molecule has 0 aliphatic carbocycles. The zero-order chi connectivity index (χ0) is 12.0. The first-order chi connectivity index (χ1) is 7.66. The third kappa shape index (κ3) is 3.16. The average molecular weight is 225 g/mol. The highest BCUT2D eigenvalue weighted by Crippen LogP contribution is 1.98. The molecule has 0 aliphatic rings. The predicted octanol–water partition coefficient (Wildman–Crippen LogP) is -0.433. The summed E-state index contributed by atoms with van der Waals surface area (Å²) in [7, 11) is 1.55. The van der Waals surface area contributed by atoms with Gasteiger partial charge in [0.2, 0.25) is 5.91 Å². The average Bonchev–Trinajstić information content (AvgIpc) is 2.29. The smallest absolute Gasteiger partial charge is 0.267 e. The van der Waals surface area contributed by atoms with Crippen LogP contribution in [0.3, 0.4) is 0 Å². The van der Waals surface area contributed by atoms with Crippen molar-refractivity contribution in [2.75, 3.05) is 20.3 Å². The summed E-state index contributed by atoms with van der Waals surface area (Å²) in [5.74, 6) is -0.252. The van der Waals surface area contributed by atoms with Gasteiger partial charge in [0, 0.05) is 25.9 Å². The molecule has 1 aromatic heterocycles. The monoisotopic (exact) mass is 225 g/mol. The zero-order valence-corrected chi connectivity index (χ0v) is 9.34. The Balaban J connectivity index is 2.64. The second-order valence-electron chi connectivity index (χ2n) is 3.27. The Labute approximate surface area is 93.2 Å². The molecule has 0 saturated carbocycles. The van der Waals surface area contributed by atoms with Crippen LogP contribution in [0.15, 0.2) is 23.1 Å². The second kappa shape index (κ2) is 6.02. The number of hydrogen-bond acceptors (Lipinski definition) is 4. The fourth-order valence-corrected chi connectivity index (χ4v) is 1.19. The number of carbonyl (C=O) groups excluding carboxylic acids is 1. The van der Waals surface area contributed by atoms with Gasteiger partial charge >= 0.3 is 0 Å². The van der Waals surface area contributed by atoms with Crippen LogP contribution in [-0.2, 0) is 9.53 Å². The maximum absolute atomic E-state index is 11.6. The molecule has 0 saturated heterocycles. The van der Waals surface area contributed by atoms with Crippen LogP contribution in [0.4, 0.5) is 0 Å². The minimum atomic E-state index is -0.620. The van der Waals surface area contributed by atoms with Gasteiger partial charge in [-0.3, -0.25) is 9.59 Å². The molecule has 1 N–H and O–H groups in total. The lowest BCUT2D eigenvalue weighted by molar-refractivity contribution is -0.124. The molecule has 16 heavy (non-hydrogen) atoms. The molecule has 88 valence electrons. The third-order valence-corrected chi connectivity index (χ3v) is 2.09. The van der Waals surface area contributed by atoms with Crippen molar-refractivity contribution in [1.29, 1.82) is 0 Å². The van der Waals surface area contributed by atoms with Crippen molar-refractivity contribution < 1.29 is 9.53 Å². The van der Waals surface area contributed by atoms with E-state index in [-0.39, 0.29) is 11.5 Å². The van der Waals surface area contributed by atoms with Gasteiger partial charge in [-0.2, -0.15) is 5.10 Å². The quantitative estimate of drug-likeness (QED) is 0.690. The van der Waals surface area contributed by atoms with Crippen LogP contribution in [0.1, 0.15) is 13.0 Å². The van der Waals surface area contributed by atoms with Crippen LogP contribution in [-0.4, -0.2) is 35.9 Å². The third-order valence-electron chi connectivity index (χ3n) is 2.09. The first-order valence-electron chi connectivity index (χ1n) is 4.97. The molecule has 0 bridgehead atoms. The van der Waals surface area contributed by atoms with E-state index in [1.54, 1.807) is 14.0 Å². The molecule has 1 heterocycles. The number of amides is 1. The van der Waals surface area contributed by atoms with Crippen LogP contribution in [0.2, 0.25) is 0 Å². The SMILES string of the molecule is COCCNC(=O)C(C)n1ncccc1=O. The minimum absolute atomic E-state index is 0.252. The van der Waals surface area contributed by atoms with E-state index in [2.05, 4.69) is 10.4 Å². The summed E-state index contributed by atoms with van der Waals surface area (Å²) in [4.78, 5) is 23.0. The van der Waals surface area contributed by atoms with Crippen molar-refractivity contribution in [2.45, 2.75) is 13.0 Å². The lowest BCUT2D eigenvalue weighted by atomic mass is 10.3. The van der Waals surface area contributed by atoms with Crippen LogP contribution in [0.25, 0.3) is 0 Å². The van der Waals surface area contributed by atoms with E-state index >= 15 is 0 Å². The Bertz CT molecular complexity index is 402. The number of methoxy groups -OCH3 is 1. The van der Waals surface area contributed by atoms with E-state index in [9.17, 15) is 9.59 Å². The Morgan fingerprint density at radius 2 is 2.44 bits per heavy atom. The zero-order valence-electron chi connectivity index (χ0n) is 9.34. The van der Waals surface area contributed by atoms with Gasteiger partial charge in [0.15, 0.2) is 0 Å². The first kappa shape index (κ1) is 12.4. The lowest BCUT2D eigenvalue weighted by Gasteiger charge is -2.12. The highest BCUT2D eigenvalue weighted by Gasteiger charge is 2.15. The highest BCUT2D eigenvalue weighted by molar-refractivity contribution is 5.79. The number of carbonyl (C=O) groups is 1. The number of nitrogens with one attached hydrogen (secondary N) is 1. The van der Waals surface area contributed by atoms with Crippen LogP contribution >= 0.6 is 0 Å². The van der Waals surface area contributed by atoms with Crippen molar-refractivity contribution in [1.82, 2.24) is 15.1 Å². The first-order valence-corrected chi connectivity index (χ1v) is 4.97. The molecular weight excluding hydrogens is 210 g/mol. The maximum Gasteiger partial charge on any atom is 0.267 e. The number of ether oxygens (including phenoxy) is 1. The number of aromatic nitrogens is 2. The molecule has 0 aromatic carbocycles. The molecule has 6 nitrogen and oxygen atoms in total. The molecule has 1 aromatic rings. The summed E-state index contributed by atoms with van der Waals surface area (Å²) in [6.07, 6.45) is 1.47. The minimum Gasteiger partial charge on any atom is -0.383 e. The highest BCUT2D eigenvalue weighted by atomic mass is 16.5. The number of hydrogen-bond donors (Lipinski definition) is 1. The van der Waals surface area contributed by atoms with E-state index in [1.807, 2.05) is 0 Å². The second-order valence-corrected chi connectivity index (χ2v) is 3.27. The van der Waals surface area contributed by atoms with Gasteiger partial charge in [0.25, 0.3) is 5.56 Å². The number of rotatable bonds is 5. The molecule has 1 rings (SSSR count). The van der Waals surface area contributed by atoms with Crippen LogP contribution in [0, 0.1) is 0 Å². The topological polar surface area (TPSA) is 73.2 Å². The van der Waals surface area contributed by atoms with E-state index in [0.717, 1.165) is 4.68 Å². The van der Waals surface area contributed by atoms with Gasteiger partial charge in [0.1, 0.15) is 6.04 Å². The predicted molar refractivity (Wildman–Crippen MR) is 58.1 cm³/mol. The van der Waals surface area contributed by atoms with Crippen molar-refractivity contribution in [2.24, 2.45) is 0 Å². The van der Waals surface area contributed by atoms with Gasteiger partial charge < -0.3 is 10.1 Å². The molecule has 0 spiro atoms. The Morgan fingerprint density at radius 1 is 1.69 bits per heavy atom. The van der Waals surface area contributed by atoms with Gasteiger partial charge in [0.05, 0.1) is 6.61 Å². The normalized spacial score (nSPS) is 12.1. The molecule has 0 fully saturated rings. The number of nitrogens with zero attached hydrogens (tertiary/aromatic N) is 2. The fraction of sp³-hybridized carbons (Fsp3) is 0.500. The maximum atomic E-state index is 11.6. The lowest BCUT2D eigenvalue weighted by Crippen LogP contribution is -2.37. The van der Waals surface area contributed by atoms with Crippen molar-refractivity contribution >= 4 is 5.91 Å². The van der Waals surface area contributed by atoms with E-state index < -0.39 is 6.04 Å². The molecule has 1 atom stereocenters. The summed E-state index contributed by atoms with van der Waals surface area (Å²) in [5.41, 5.74) is -0.295. The molecule has 1 amide bonds. The van der Waals surface area contributed by atoms with Gasteiger partial charge in [-0.25, -0.2) is 4.68 Å². The van der Waals surface area contributed by atoms with E-state index in [4.69, 9.17) is 4.74 Å². The van der Waals surface area contributed by atoms with Gasteiger partial charge in [-0.15, -0.1) is 0 Å². The van der Waals surface area contributed by atoms with Crippen molar-refractivity contribution in [3.05, 3.63) is 28.7 Å². The van der Waals surface area contributed by atoms with E-state index in [1.165, 1.54) is 18.3 Å². The Morgan fingerprint density at radius 3 is 3.06 bits per heavy atom. The standard InChI is InChI=1S/C10H15N3O3/c1-8(10(15)11-6-7-16-2)13-9(14)4-3-5-12-13/h3-5,8H,6-7H2,1-2H3,(H,11,15). The van der Waals surface area contributed by atoms with Crippen LogP contribution in [0.5, 0.6) is 0 Å². The van der Waals surface area contributed by atoms with Crippen molar-refractivity contribution in [3.8, 4) is 0 Å². The Kier molecular flexibility index (Phi) is 4.65. The Hall–Kier alpha value is -1.69. The van der Waals surface area contributed by atoms with Crippen LogP contribution < -0.4 is 10.9 Å². The molecule has 1 unspecified atom stereocenters. The summed E-state index contributed by atoms with van der Waals surface area (Å²) in [6, 6.07) is 2.28. The summed E-state index contributed by atoms with van der Waals surface area (Å²) in [5, 5.41) is 6.48. The molecular formula is C10H15N3O3. The molecule has 0 radical (unpaired) electrons. The van der Waals surface area contributed by atoms with E-state index in [0.29, 0.717) is 13.2 Å². The summed E-state index contributed by atoms with van der Waals surface area (Å²) >= 11 is 0.